The minimum atomic E-state index is -3.99. The maximum Gasteiger partial charge on any atom is 0.262 e. The molecule has 3 aromatic rings. The predicted octanol–water partition coefficient (Wildman–Crippen LogP) is 3.80. The van der Waals surface area contributed by atoms with Crippen molar-refractivity contribution >= 4 is 27.3 Å². The van der Waals surface area contributed by atoms with Crippen molar-refractivity contribution in [3.8, 4) is 11.5 Å². The molecule has 1 fully saturated rings. The first kappa shape index (κ1) is 23.6. The van der Waals surface area contributed by atoms with Crippen LogP contribution in [-0.2, 0) is 21.4 Å². The molecule has 1 unspecified atom stereocenters. The van der Waals surface area contributed by atoms with Crippen LogP contribution in [0.2, 0.25) is 0 Å². The number of carbonyl (C=O) groups is 1. The van der Waals surface area contributed by atoms with E-state index in [0.717, 1.165) is 18.5 Å². The van der Waals surface area contributed by atoms with Crippen molar-refractivity contribution < 1.29 is 23.1 Å². The van der Waals surface area contributed by atoms with Crippen molar-refractivity contribution in [2.24, 2.45) is 0 Å². The van der Waals surface area contributed by atoms with Gasteiger partial charge >= 0.3 is 0 Å². The lowest BCUT2D eigenvalue weighted by molar-refractivity contribution is -0.120. The van der Waals surface area contributed by atoms with E-state index in [-0.39, 0.29) is 34.0 Å². The molecule has 0 radical (unpaired) electrons. The quantitative estimate of drug-likeness (QED) is 0.423. The predicted molar refractivity (Wildman–Crippen MR) is 130 cm³/mol. The molecule has 34 heavy (non-hydrogen) atoms. The smallest absolute Gasteiger partial charge is 0.262 e. The topological polar surface area (TPSA) is 108 Å². The van der Waals surface area contributed by atoms with Gasteiger partial charge in [0.2, 0.25) is 5.91 Å². The molecule has 0 saturated carbocycles. The van der Waals surface area contributed by atoms with Crippen molar-refractivity contribution in [3.63, 3.8) is 0 Å². The number of ether oxygens (including phenoxy) is 1. The highest BCUT2D eigenvalue weighted by molar-refractivity contribution is 7.92. The lowest BCUT2D eigenvalue weighted by Gasteiger charge is -2.24. The standard InChI is InChI=1S/C25H27N3O5S/c1-33-24-12-6-5-10-20(24)27-34(31,32)19-13-14-23(29)21(16-19)26-25(30)22-11-7-15-28(22)17-18-8-3-2-4-9-18/h2-6,8-10,12-14,16,22,27,29H,7,11,15,17H2,1H3,(H,26,30). The SMILES string of the molecule is COc1ccccc1NS(=O)(=O)c1ccc(O)c(NC(=O)C2CCCN2Cc2ccccc2)c1. The average molecular weight is 482 g/mol. The number of methoxy groups -OCH3 is 1. The van der Waals surface area contributed by atoms with Gasteiger partial charge in [0.05, 0.1) is 29.4 Å². The van der Waals surface area contributed by atoms with Crippen molar-refractivity contribution in [2.75, 3.05) is 23.7 Å². The summed E-state index contributed by atoms with van der Waals surface area (Å²) in [6, 6.07) is 20.0. The van der Waals surface area contributed by atoms with Gasteiger partial charge in [0.25, 0.3) is 10.0 Å². The first-order valence-electron chi connectivity index (χ1n) is 10.9. The average Bonchev–Trinajstić information content (AvgIpc) is 3.29. The molecule has 1 aliphatic rings. The van der Waals surface area contributed by atoms with Crippen LogP contribution in [0.4, 0.5) is 11.4 Å². The van der Waals surface area contributed by atoms with E-state index < -0.39 is 10.0 Å². The Balaban J connectivity index is 1.51. The van der Waals surface area contributed by atoms with Crippen molar-refractivity contribution in [3.05, 3.63) is 78.4 Å². The van der Waals surface area contributed by atoms with E-state index in [2.05, 4.69) is 14.9 Å². The Hall–Kier alpha value is -3.56. The Morgan fingerprint density at radius 2 is 1.79 bits per heavy atom. The van der Waals surface area contributed by atoms with E-state index in [0.29, 0.717) is 18.7 Å². The number of likely N-dealkylation sites (tertiary alicyclic amines) is 1. The second-order valence-electron chi connectivity index (χ2n) is 8.09. The lowest BCUT2D eigenvalue weighted by Crippen LogP contribution is -2.39. The third-order valence-electron chi connectivity index (χ3n) is 5.78. The summed E-state index contributed by atoms with van der Waals surface area (Å²) in [5.74, 6) is -0.119. The molecule has 0 aromatic heterocycles. The van der Waals surface area contributed by atoms with Crippen LogP contribution in [0.1, 0.15) is 18.4 Å². The van der Waals surface area contributed by atoms with Crippen LogP contribution in [-0.4, -0.2) is 44.0 Å². The van der Waals surface area contributed by atoms with Gasteiger partial charge in [-0.3, -0.25) is 14.4 Å². The molecule has 4 rings (SSSR count). The van der Waals surface area contributed by atoms with Crippen LogP contribution in [0.5, 0.6) is 11.5 Å². The zero-order valence-electron chi connectivity index (χ0n) is 18.8. The van der Waals surface area contributed by atoms with E-state index in [9.17, 15) is 18.3 Å². The van der Waals surface area contributed by atoms with Gasteiger partial charge < -0.3 is 15.2 Å². The minimum absolute atomic E-state index is 0.0412. The zero-order chi connectivity index (χ0) is 24.1. The third kappa shape index (κ3) is 5.32. The first-order valence-corrected chi connectivity index (χ1v) is 12.4. The van der Waals surface area contributed by atoms with Crippen LogP contribution in [0.15, 0.2) is 77.7 Å². The van der Waals surface area contributed by atoms with Gasteiger partial charge in [-0.25, -0.2) is 8.42 Å². The summed E-state index contributed by atoms with van der Waals surface area (Å²) in [6.45, 7) is 1.43. The van der Waals surface area contributed by atoms with Gasteiger partial charge in [-0.2, -0.15) is 0 Å². The highest BCUT2D eigenvalue weighted by atomic mass is 32.2. The molecular formula is C25H27N3O5S. The number of anilines is 2. The molecule has 0 bridgehead atoms. The van der Waals surface area contributed by atoms with Crippen LogP contribution in [0.3, 0.4) is 0 Å². The maximum atomic E-state index is 13.1. The first-order chi connectivity index (χ1) is 16.4. The van der Waals surface area contributed by atoms with E-state index in [4.69, 9.17) is 4.74 Å². The van der Waals surface area contributed by atoms with Gasteiger partial charge in [-0.15, -0.1) is 0 Å². The lowest BCUT2D eigenvalue weighted by atomic mass is 10.1. The van der Waals surface area contributed by atoms with Gasteiger partial charge in [-0.05, 0) is 55.3 Å². The fraction of sp³-hybridized carbons (Fsp3) is 0.240. The van der Waals surface area contributed by atoms with E-state index in [1.165, 1.54) is 25.3 Å². The monoisotopic (exact) mass is 481 g/mol. The Kier molecular flexibility index (Phi) is 7.04. The molecule has 1 amide bonds. The van der Waals surface area contributed by atoms with Crippen LogP contribution in [0, 0.1) is 0 Å². The summed E-state index contributed by atoms with van der Waals surface area (Å²) in [7, 11) is -2.54. The van der Waals surface area contributed by atoms with E-state index >= 15 is 0 Å². The summed E-state index contributed by atoms with van der Waals surface area (Å²) in [6.07, 6.45) is 1.57. The molecule has 0 aliphatic carbocycles. The number of hydrogen-bond donors (Lipinski definition) is 3. The molecule has 178 valence electrons. The number of sulfonamides is 1. The van der Waals surface area contributed by atoms with Crippen molar-refractivity contribution in [1.82, 2.24) is 4.90 Å². The maximum absolute atomic E-state index is 13.1. The molecule has 9 heteroatoms. The van der Waals surface area contributed by atoms with Crippen molar-refractivity contribution in [2.45, 2.75) is 30.3 Å². The molecule has 3 N–H and O–H groups in total. The number of benzene rings is 3. The number of amides is 1. The number of carbonyl (C=O) groups excluding carboxylic acids is 1. The number of aromatic hydroxyl groups is 1. The fourth-order valence-electron chi connectivity index (χ4n) is 4.06. The normalized spacial score (nSPS) is 16.2. The second-order valence-corrected chi connectivity index (χ2v) is 9.77. The Morgan fingerprint density at radius 3 is 2.56 bits per heavy atom. The summed E-state index contributed by atoms with van der Waals surface area (Å²) < 4.78 is 33.6. The molecule has 1 aliphatic heterocycles. The molecule has 0 spiro atoms. The van der Waals surface area contributed by atoms with Crippen molar-refractivity contribution in [1.29, 1.82) is 0 Å². The van der Waals surface area contributed by atoms with E-state index in [1.807, 2.05) is 30.3 Å². The van der Waals surface area contributed by atoms with Crippen LogP contribution >= 0.6 is 0 Å². The number of nitrogens with zero attached hydrogens (tertiary/aromatic N) is 1. The molecule has 1 saturated heterocycles. The molecule has 3 aromatic carbocycles. The zero-order valence-corrected chi connectivity index (χ0v) is 19.6. The summed E-state index contributed by atoms with van der Waals surface area (Å²) >= 11 is 0. The summed E-state index contributed by atoms with van der Waals surface area (Å²) in [4.78, 5) is 15.0. The van der Waals surface area contributed by atoms with E-state index in [1.54, 1.807) is 24.3 Å². The number of para-hydroxylation sites is 2. The third-order valence-corrected chi connectivity index (χ3v) is 7.15. The Bertz CT molecular complexity index is 1260. The number of nitrogens with one attached hydrogen (secondary N) is 2. The molecule has 1 atom stereocenters. The van der Waals surface area contributed by atoms with Crippen LogP contribution in [0.25, 0.3) is 0 Å². The minimum Gasteiger partial charge on any atom is -0.506 e. The van der Waals surface area contributed by atoms with Gasteiger partial charge in [0.15, 0.2) is 0 Å². The van der Waals surface area contributed by atoms with Gasteiger partial charge in [-0.1, -0.05) is 42.5 Å². The second kappa shape index (κ2) is 10.1. The highest BCUT2D eigenvalue weighted by Gasteiger charge is 2.31. The number of phenols is 1. The Labute approximate surface area is 199 Å². The highest BCUT2D eigenvalue weighted by Crippen LogP contribution is 2.31. The largest absolute Gasteiger partial charge is 0.506 e. The molecule has 8 nitrogen and oxygen atoms in total. The van der Waals surface area contributed by atoms with Gasteiger partial charge in [0.1, 0.15) is 11.5 Å². The molecule has 1 heterocycles. The number of hydrogen-bond acceptors (Lipinski definition) is 6. The van der Waals surface area contributed by atoms with Gasteiger partial charge in [0, 0.05) is 6.54 Å². The fourth-order valence-corrected chi connectivity index (χ4v) is 5.16. The number of rotatable bonds is 8. The molecular weight excluding hydrogens is 454 g/mol. The summed E-state index contributed by atoms with van der Waals surface area (Å²) in [5, 5.41) is 13.0. The summed E-state index contributed by atoms with van der Waals surface area (Å²) in [5.41, 5.74) is 1.44. The van der Waals surface area contributed by atoms with Crippen LogP contribution < -0.4 is 14.8 Å². The Morgan fingerprint density at radius 1 is 1.06 bits per heavy atom. The number of phenolic OH excluding ortho intramolecular Hbond substituents is 1.